The van der Waals surface area contributed by atoms with Crippen LogP contribution >= 0.6 is 11.3 Å². The van der Waals surface area contributed by atoms with Gasteiger partial charge in [0, 0.05) is 17.1 Å². The Morgan fingerprint density at radius 1 is 1.68 bits per heavy atom. The highest BCUT2D eigenvalue weighted by atomic mass is 32.1. The molecule has 0 fully saturated rings. The SMILES string of the molecule is C[C@H](O)c1cc([N+](=O)[O-])c(-n2ccc(C(N)=O)n2)s1. The second-order valence-electron chi connectivity index (χ2n) is 3.78. The lowest BCUT2D eigenvalue weighted by atomic mass is 10.3. The van der Waals surface area contributed by atoms with E-state index >= 15 is 0 Å². The van der Waals surface area contributed by atoms with Crippen LogP contribution in [-0.2, 0) is 0 Å². The first-order chi connectivity index (χ1) is 8.90. The van der Waals surface area contributed by atoms with Crippen molar-refractivity contribution in [2.24, 2.45) is 5.73 Å². The maximum absolute atomic E-state index is 11.0. The van der Waals surface area contributed by atoms with E-state index in [9.17, 15) is 20.0 Å². The lowest BCUT2D eigenvalue weighted by molar-refractivity contribution is -0.384. The van der Waals surface area contributed by atoms with Gasteiger partial charge in [0.05, 0.1) is 11.0 Å². The van der Waals surface area contributed by atoms with Crippen molar-refractivity contribution < 1.29 is 14.8 Å². The van der Waals surface area contributed by atoms with Crippen molar-refractivity contribution in [1.82, 2.24) is 9.78 Å². The molecule has 2 aromatic rings. The summed E-state index contributed by atoms with van der Waals surface area (Å²) in [7, 11) is 0. The van der Waals surface area contributed by atoms with Crippen molar-refractivity contribution >= 4 is 22.9 Å². The number of nitrogens with zero attached hydrogens (tertiary/aromatic N) is 3. The van der Waals surface area contributed by atoms with E-state index in [1.54, 1.807) is 0 Å². The monoisotopic (exact) mass is 282 g/mol. The molecule has 2 heterocycles. The number of aliphatic hydroxyl groups is 1. The van der Waals surface area contributed by atoms with E-state index in [0.29, 0.717) is 4.88 Å². The van der Waals surface area contributed by atoms with Gasteiger partial charge in [-0.15, -0.1) is 11.3 Å². The summed E-state index contributed by atoms with van der Waals surface area (Å²) in [5, 5.41) is 24.5. The third kappa shape index (κ3) is 2.46. The molecule has 0 aliphatic heterocycles. The molecule has 0 aliphatic carbocycles. The zero-order valence-electron chi connectivity index (χ0n) is 9.81. The Morgan fingerprint density at radius 2 is 2.37 bits per heavy atom. The summed E-state index contributed by atoms with van der Waals surface area (Å²) >= 11 is 1.03. The summed E-state index contributed by atoms with van der Waals surface area (Å²) in [6.07, 6.45) is 0.591. The Hall–Kier alpha value is -2.26. The summed E-state index contributed by atoms with van der Waals surface area (Å²) in [4.78, 5) is 21.8. The molecule has 19 heavy (non-hydrogen) atoms. The fourth-order valence-corrected chi connectivity index (χ4v) is 2.46. The van der Waals surface area contributed by atoms with Crippen LogP contribution in [0.2, 0.25) is 0 Å². The van der Waals surface area contributed by atoms with E-state index in [-0.39, 0.29) is 16.4 Å². The molecule has 100 valence electrons. The normalized spacial score (nSPS) is 12.3. The first-order valence-electron chi connectivity index (χ1n) is 5.22. The van der Waals surface area contributed by atoms with Gasteiger partial charge in [-0.2, -0.15) is 5.10 Å². The molecule has 3 N–H and O–H groups in total. The quantitative estimate of drug-likeness (QED) is 0.639. The maximum atomic E-state index is 11.0. The lowest BCUT2D eigenvalue weighted by Gasteiger charge is -1.97. The molecule has 1 amide bonds. The first kappa shape index (κ1) is 13.2. The van der Waals surface area contributed by atoms with Gasteiger partial charge in [-0.3, -0.25) is 14.9 Å². The van der Waals surface area contributed by atoms with E-state index in [2.05, 4.69) is 5.10 Å². The maximum Gasteiger partial charge on any atom is 0.306 e. The second kappa shape index (κ2) is 4.78. The highest BCUT2D eigenvalue weighted by Gasteiger charge is 2.23. The summed E-state index contributed by atoms with van der Waals surface area (Å²) < 4.78 is 1.20. The number of thiophene rings is 1. The van der Waals surface area contributed by atoms with Crippen molar-refractivity contribution in [2.75, 3.05) is 0 Å². The smallest absolute Gasteiger partial charge is 0.306 e. The predicted octanol–water partition coefficient (Wildman–Crippen LogP) is 0.994. The van der Waals surface area contributed by atoms with Crippen molar-refractivity contribution in [3.05, 3.63) is 39.0 Å². The van der Waals surface area contributed by atoms with Crippen LogP contribution < -0.4 is 5.73 Å². The molecule has 8 nitrogen and oxygen atoms in total. The number of aromatic nitrogens is 2. The fraction of sp³-hybridized carbons (Fsp3) is 0.200. The third-order valence-corrected chi connectivity index (χ3v) is 3.65. The molecule has 0 radical (unpaired) electrons. The molecule has 0 spiro atoms. The predicted molar refractivity (Wildman–Crippen MR) is 67.2 cm³/mol. The first-order valence-corrected chi connectivity index (χ1v) is 6.04. The Bertz CT molecular complexity index is 646. The van der Waals surface area contributed by atoms with Gasteiger partial charge in [-0.1, -0.05) is 0 Å². The fourth-order valence-electron chi connectivity index (χ4n) is 1.46. The number of hydrogen-bond acceptors (Lipinski definition) is 6. The number of carbonyl (C=O) groups is 1. The molecule has 1 atom stereocenters. The molecule has 0 bridgehead atoms. The third-order valence-electron chi connectivity index (χ3n) is 2.37. The van der Waals surface area contributed by atoms with Crippen LogP contribution in [0.25, 0.3) is 5.00 Å². The standard InChI is InChI=1S/C10H10N4O4S/c1-5(15)8-4-7(14(17)18)10(19-8)13-3-2-6(12-13)9(11)16/h2-5,15H,1H3,(H2,11,16)/t5-/m0/s1. The topological polar surface area (TPSA) is 124 Å². The summed E-state index contributed by atoms with van der Waals surface area (Å²) in [6.45, 7) is 1.51. The average Bonchev–Trinajstić information content (AvgIpc) is 2.95. The number of primary amides is 1. The lowest BCUT2D eigenvalue weighted by Crippen LogP contribution is -2.12. The van der Waals surface area contributed by atoms with Crippen molar-refractivity contribution in [2.45, 2.75) is 13.0 Å². The van der Waals surface area contributed by atoms with Gasteiger partial charge in [0.2, 0.25) is 0 Å². The van der Waals surface area contributed by atoms with Gasteiger partial charge in [-0.25, -0.2) is 4.68 Å². The average molecular weight is 282 g/mol. The number of amides is 1. The molecule has 0 saturated carbocycles. The number of nitrogens with two attached hydrogens (primary N) is 1. The number of carbonyl (C=O) groups excluding carboxylic acids is 1. The minimum Gasteiger partial charge on any atom is -0.388 e. The summed E-state index contributed by atoms with van der Waals surface area (Å²) in [5.74, 6) is -0.714. The molecule has 0 aromatic carbocycles. The minimum atomic E-state index is -0.816. The Labute approximate surface area is 111 Å². The highest BCUT2D eigenvalue weighted by Crippen LogP contribution is 2.35. The van der Waals surface area contributed by atoms with E-state index in [1.165, 1.54) is 29.9 Å². The van der Waals surface area contributed by atoms with Gasteiger partial charge >= 0.3 is 5.69 Å². The zero-order chi connectivity index (χ0) is 14.2. The van der Waals surface area contributed by atoms with Crippen LogP contribution in [0.1, 0.15) is 28.4 Å². The van der Waals surface area contributed by atoms with Gasteiger partial charge < -0.3 is 10.8 Å². The molecule has 2 aromatic heterocycles. The Morgan fingerprint density at radius 3 is 2.84 bits per heavy atom. The van der Waals surface area contributed by atoms with Crippen LogP contribution in [0.3, 0.4) is 0 Å². The molecule has 0 unspecified atom stereocenters. The molecular formula is C10H10N4O4S. The van der Waals surface area contributed by atoms with Crippen LogP contribution in [0.15, 0.2) is 18.3 Å². The Balaban J connectivity index is 2.53. The van der Waals surface area contributed by atoms with Crippen molar-refractivity contribution in [3.63, 3.8) is 0 Å². The number of rotatable bonds is 4. The minimum absolute atomic E-state index is 0.0151. The highest BCUT2D eigenvalue weighted by molar-refractivity contribution is 7.15. The molecule has 9 heteroatoms. The molecular weight excluding hydrogens is 272 g/mol. The molecule has 0 aliphatic rings. The summed E-state index contributed by atoms with van der Waals surface area (Å²) in [5.41, 5.74) is 4.91. The van der Waals surface area contributed by atoms with Gasteiger partial charge in [0.25, 0.3) is 5.91 Å². The largest absolute Gasteiger partial charge is 0.388 e. The van der Waals surface area contributed by atoms with E-state index in [4.69, 9.17) is 5.73 Å². The van der Waals surface area contributed by atoms with Crippen molar-refractivity contribution in [3.8, 4) is 5.00 Å². The number of hydrogen-bond donors (Lipinski definition) is 2. The van der Waals surface area contributed by atoms with Gasteiger partial charge in [0.15, 0.2) is 5.00 Å². The van der Waals surface area contributed by atoms with E-state index in [1.807, 2.05) is 0 Å². The van der Waals surface area contributed by atoms with Crippen LogP contribution in [0, 0.1) is 10.1 Å². The van der Waals surface area contributed by atoms with Gasteiger partial charge in [0.1, 0.15) is 5.69 Å². The van der Waals surface area contributed by atoms with Crippen LogP contribution in [0.5, 0.6) is 0 Å². The van der Waals surface area contributed by atoms with E-state index in [0.717, 1.165) is 11.3 Å². The Kier molecular flexibility index (Phi) is 3.32. The number of aliphatic hydroxyl groups excluding tert-OH is 1. The van der Waals surface area contributed by atoms with Crippen molar-refractivity contribution in [1.29, 1.82) is 0 Å². The zero-order valence-corrected chi connectivity index (χ0v) is 10.6. The van der Waals surface area contributed by atoms with Crippen LogP contribution in [0.4, 0.5) is 5.69 Å². The van der Waals surface area contributed by atoms with Crippen LogP contribution in [-0.4, -0.2) is 25.7 Å². The van der Waals surface area contributed by atoms with E-state index < -0.39 is 16.9 Å². The van der Waals surface area contributed by atoms with Gasteiger partial charge in [-0.05, 0) is 13.0 Å². The molecule has 0 saturated heterocycles. The molecule has 2 rings (SSSR count). The number of nitro groups is 1. The second-order valence-corrected chi connectivity index (χ2v) is 4.84. The summed E-state index contributed by atoms with van der Waals surface area (Å²) in [6, 6.07) is 2.66.